The van der Waals surface area contributed by atoms with Crippen LogP contribution in [-0.4, -0.2) is 19.1 Å². The van der Waals surface area contributed by atoms with E-state index in [1.165, 1.54) is 6.07 Å². The summed E-state index contributed by atoms with van der Waals surface area (Å²) in [7, 11) is 0. The van der Waals surface area contributed by atoms with Crippen LogP contribution in [0.25, 0.3) is 0 Å². The van der Waals surface area contributed by atoms with E-state index in [0.717, 1.165) is 12.1 Å². The number of amides is 1. The van der Waals surface area contributed by atoms with Gasteiger partial charge in [-0.25, -0.2) is 8.78 Å². The number of carbonyl (C=O) groups is 1. The van der Waals surface area contributed by atoms with Crippen molar-refractivity contribution < 1.29 is 23.0 Å². The van der Waals surface area contributed by atoms with E-state index in [9.17, 15) is 13.6 Å². The van der Waals surface area contributed by atoms with Gasteiger partial charge < -0.3 is 14.8 Å². The van der Waals surface area contributed by atoms with Crippen LogP contribution in [0, 0.1) is 11.6 Å². The maximum absolute atomic E-state index is 13.2. The topological polar surface area (TPSA) is 47.6 Å². The molecule has 1 amide bonds. The van der Waals surface area contributed by atoms with Crippen LogP contribution < -0.4 is 14.8 Å². The molecule has 1 atom stereocenters. The Bertz CT molecular complexity index is 706. The molecule has 0 aliphatic rings. The van der Waals surface area contributed by atoms with Crippen LogP contribution in [0.15, 0.2) is 42.5 Å². The van der Waals surface area contributed by atoms with E-state index in [1.54, 1.807) is 25.1 Å². The number of hydrogen-bond acceptors (Lipinski definition) is 3. The lowest BCUT2D eigenvalue weighted by Crippen LogP contribution is -2.31. The quantitative estimate of drug-likeness (QED) is 0.841. The highest BCUT2D eigenvalue weighted by Gasteiger charge is 2.13. The van der Waals surface area contributed by atoms with Gasteiger partial charge >= 0.3 is 0 Å². The molecule has 0 heterocycles. The highest BCUT2D eigenvalue weighted by atomic mass is 19.2. The van der Waals surface area contributed by atoms with Gasteiger partial charge in [0.1, 0.15) is 0 Å². The Balaban J connectivity index is 1.92. The van der Waals surface area contributed by atoms with Gasteiger partial charge in [-0.1, -0.05) is 18.2 Å². The van der Waals surface area contributed by atoms with Crippen LogP contribution in [0.2, 0.25) is 0 Å². The number of carbonyl (C=O) groups excluding carboxylic acids is 1. The van der Waals surface area contributed by atoms with Gasteiger partial charge in [-0.15, -0.1) is 0 Å². The average Bonchev–Trinajstić information content (AvgIpc) is 2.56. The molecular formula is C18H19F2NO3. The Hall–Kier alpha value is -2.63. The van der Waals surface area contributed by atoms with Crippen LogP contribution in [0.1, 0.15) is 25.5 Å². The van der Waals surface area contributed by atoms with Gasteiger partial charge in [0.2, 0.25) is 0 Å². The minimum atomic E-state index is -0.949. The number of rotatable bonds is 7. The Morgan fingerprint density at radius 3 is 2.38 bits per heavy atom. The summed E-state index contributed by atoms with van der Waals surface area (Å²) < 4.78 is 37.0. The van der Waals surface area contributed by atoms with Crippen LogP contribution >= 0.6 is 0 Å². The summed E-state index contributed by atoms with van der Waals surface area (Å²) in [6.07, 6.45) is 0. The molecule has 6 heteroatoms. The van der Waals surface area contributed by atoms with Crippen molar-refractivity contribution in [1.82, 2.24) is 5.32 Å². The summed E-state index contributed by atoms with van der Waals surface area (Å²) in [6, 6.07) is 10.1. The molecule has 0 fully saturated rings. The molecule has 0 spiro atoms. The van der Waals surface area contributed by atoms with E-state index in [0.29, 0.717) is 23.7 Å². The lowest BCUT2D eigenvalue weighted by molar-refractivity contribution is -0.123. The molecule has 1 N–H and O–H groups in total. The molecule has 0 saturated heterocycles. The lowest BCUT2D eigenvalue weighted by Gasteiger charge is -2.16. The average molecular weight is 335 g/mol. The molecule has 128 valence electrons. The Kier molecular flexibility index (Phi) is 6.12. The van der Waals surface area contributed by atoms with E-state index in [4.69, 9.17) is 9.47 Å². The van der Waals surface area contributed by atoms with Crippen molar-refractivity contribution in [2.75, 3.05) is 13.2 Å². The van der Waals surface area contributed by atoms with Gasteiger partial charge in [0.25, 0.3) is 5.91 Å². The minimum Gasteiger partial charge on any atom is -0.490 e. The van der Waals surface area contributed by atoms with Crippen LogP contribution in [0.3, 0.4) is 0 Å². The summed E-state index contributed by atoms with van der Waals surface area (Å²) >= 11 is 0. The van der Waals surface area contributed by atoms with E-state index < -0.39 is 17.7 Å². The SMILES string of the molecule is CCOc1ccccc1OCC(=O)N[C@H](C)c1ccc(F)c(F)c1. The minimum absolute atomic E-state index is 0.210. The summed E-state index contributed by atoms with van der Waals surface area (Å²) in [4.78, 5) is 12.0. The first kappa shape index (κ1) is 17.7. The number of halogens is 2. The highest BCUT2D eigenvalue weighted by molar-refractivity contribution is 5.78. The van der Waals surface area contributed by atoms with Gasteiger partial charge in [-0.3, -0.25) is 4.79 Å². The van der Waals surface area contributed by atoms with Gasteiger partial charge in [-0.05, 0) is 43.7 Å². The normalized spacial score (nSPS) is 11.7. The third kappa shape index (κ3) is 4.68. The summed E-state index contributed by atoms with van der Waals surface area (Å²) in [5.41, 5.74) is 0.469. The zero-order chi connectivity index (χ0) is 17.5. The molecular weight excluding hydrogens is 316 g/mol. The van der Waals surface area contributed by atoms with Crippen molar-refractivity contribution in [2.45, 2.75) is 19.9 Å². The first-order chi connectivity index (χ1) is 11.5. The fourth-order valence-electron chi connectivity index (χ4n) is 2.14. The smallest absolute Gasteiger partial charge is 0.258 e. The second kappa shape index (κ2) is 8.29. The standard InChI is InChI=1S/C18H19F2NO3/c1-3-23-16-6-4-5-7-17(16)24-11-18(22)21-12(2)13-8-9-14(19)15(20)10-13/h4-10,12H,3,11H2,1-2H3,(H,21,22)/t12-/m1/s1. The summed E-state index contributed by atoms with van der Waals surface area (Å²) in [5, 5.41) is 2.67. The Labute approximate surface area is 139 Å². The van der Waals surface area contributed by atoms with E-state index >= 15 is 0 Å². The van der Waals surface area contributed by atoms with Crippen molar-refractivity contribution in [3.63, 3.8) is 0 Å². The van der Waals surface area contributed by atoms with Gasteiger partial charge in [0.05, 0.1) is 12.6 Å². The molecule has 0 aliphatic heterocycles. The second-order valence-corrected chi connectivity index (χ2v) is 5.13. The number of nitrogens with one attached hydrogen (secondary N) is 1. The summed E-state index contributed by atoms with van der Waals surface area (Å²) in [6.45, 7) is 3.81. The third-order valence-corrected chi connectivity index (χ3v) is 3.33. The van der Waals surface area contributed by atoms with Gasteiger partial charge in [0.15, 0.2) is 29.7 Å². The van der Waals surface area contributed by atoms with Gasteiger partial charge in [0, 0.05) is 0 Å². The Morgan fingerprint density at radius 2 is 1.75 bits per heavy atom. The molecule has 4 nitrogen and oxygen atoms in total. The van der Waals surface area contributed by atoms with E-state index in [1.807, 2.05) is 13.0 Å². The zero-order valence-corrected chi connectivity index (χ0v) is 13.5. The van der Waals surface area contributed by atoms with Crippen LogP contribution in [-0.2, 0) is 4.79 Å². The van der Waals surface area contributed by atoms with E-state index in [2.05, 4.69) is 5.32 Å². The van der Waals surface area contributed by atoms with Crippen molar-refractivity contribution in [2.24, 2.45) is 0 Å². The first-order valence-electron chi connectivity index (χ1n) is 7.60. The van der Waals surface area contributed by atoms with Crippen LogP contribution in [0.4, 0.5) is 8.78 Å². The molecule has 0 aromatic heterocycles. The predicted octanol–water partition coefficient (Wildman–Crippen LogP) is 3.62. The number of ether oxygens (including phenoxy) is 2. The molecule has 0 bridgehead atoms. The molecule has 0 aliphatic carbocycles. The maximum atomic E-state index is 13.2. The van der Waals surface area contributed by atoms with Gasteiger partial charge in [-0.2, -0.15) is 0 Å². The fourth-order valence-corrected chi connectivity index (χ4v) is 2.14. The molecule has 0 unspecified atom stereocenters. The molecule has 2 aromatic carbocycles. The molecule has 24 heavy (non-hydrogen) atoms. The third-order valence-electron chi connectivity index (χ3n) is 3.33. The van der Waals surface area contributed by atoms with Crippen molar-refractivity contribution in [3.8, 4) is 11.5 Å². The second-order valence-electron chi connectivity index (χ2n) is 5.13. The number of para-hydroxylation sites is 2. The van der Waals surface area contributed by atoms with Crippen molar-refractivity contribution in [1.29, 1.82) is 0 Å². The molecule has 0 radical (unpaired) electrons. The predicted molar refractivity (Wildman–Crippen MR) is 86.0 cm³/mol. The lowest BCUT2D eigenvalue weighted by atomic mass is 10.1. The van der Waals surface area contributed by atoms with Crippen molar-refractivity contribution >= 4 is 5.91 Å². The number of benzene rings is 2. The monoisotopic (exact) mass is 335 g/mol. The molecule has 2 rings (SSSR count). The largest absolute Gasteiger partial charge is 0.490 e. The summed E-state index contributed by atoms with van der Waals surface area (Å²) in [5.74, 6) is -1.22. The first-order valence-corrected chi connectivity index (χ1v) is 7.60. The maximum Gasteiger partial charge on any atom is 0.258 e. The van der Waals surface area contributed by atoms with E-state index in [-0.39, 0.29) is 12.5 Å². The fraction of sp³-hybridized carbons (Fsp3) is 0.278. The Morgan fingerprint density at radius 1 is 1.08 bits per heavy atom. The number of hydrogen-bond donors (Lipinski definition) is 1. The molecule has 0 saturated carbocycles. The molecule has 2 aromatic rings. The van der Waals surface area contributed by atoms with Crippen molar-refractivity contribution in [3.05, 3.63) is 59.7 Å². The highest BCUT2D eigenvalue weighted by Crippen LogP contribution is 2.26. The van der Waals surface area contributed by atoms with Crippen LogP contribution in [0.5, 0.6) is 11.5 Å². The zero-order valence-electron chi connectivity index (χ0n) is 13.5.